The Morgan fingerprint density at radius 2 is 2.03 bits per heavy atom. The fourth-order valence-electron chi connectivity index (χ4n) is 4.60. The lowest BCUT2D eigenvalue weighted by molar-refractivity contribution is -0.127. The molecular weight excluding hydrogens is 516 g/mol. The van der Waals surface area contributed by atoms with E-state index in [1.807, 2.05) is 49.6 Å². The molecule has 4 aromatic rings. The van der Waals surface area contributed by atoms with E-state index in [2.05, 4.69) is 20.7 Å². The van der Waals surface area contributed by atoms with E-state index < -0.39 is 6.04 Å². The molecular formula is C28H30N6O4S. The zero-order valence-corrected chi connectivity index (χ0v) is 22.6. The second kappa shape index (κ2) is 11.7. The van der Waals surface area contributed by atoms with Crippen molar-refractivity contribution in [3.05, 3.63) is 76.7 Å². The first-order chi connectivity index (χ1) is 18.9. The van der Waals surface area contributed by atoms with Crippen molar-refractivity contribution < 1.29 is 19.4 Å². The number of anilines is 1. The first-order valence-electron chi connectivity index (χ1n) is 12.8. The molecule has 0 spiro atoms. The molecule has 2 unspecified atom stereocenters. The van der Waals surface area contributed by atoms with Crippen molar-refractivity contribution in [3.8, 4) is 16.5 Å². The van der Waals surface area contributed by atoms with Gasteiger partial charge in [-0.15, -0.1) is 21.5 Å². The highest BCUT2D eigenvalue weighted by Crippen LogP contribution is 2.32. The smallest absolute Gasteiger partial charge is 0.251 e. The van der Waals surface area contributed by atoms with Crippen molar-refractivity contribution in [2.45, 2.75) is 45.4 Å². The predicted octanol–water partition coefficient (Wildman–Crippen LogP) is 3.79. The monoisotopic (exact) mass is 546 g/mol. The van der Waals surface area contributed by atoms with Crippen LogP contribution in [0.2, 0.25) is 0 Å². The first-order valence-corrected chi connectivity index (χ1v) is 13.7. The maximum absolute atomic E-state index is 14.1. The molecule has 0 bridgehead atoms. The summed E-state index contributed by atoms with van der Waals surface area (Å²) in [6.07, 6.45) is 1.76. The number of benzene rings is 2. The van der Waals surface area contributed by atoms with E-state index in [4.69, 9.17) is 4.74 Å². The van der Waals surface area contributed by atoms with Crippen LogP contribution < -0.4 is 10.2 Å². The van der Waals surface area contributed by atoms with Gasteiger partial charge in [0.2, 0.25) is 11.7 Å². The summed E-state index contributed by atoms with van der Waals surface area (Å²) in [5.74, 6) is -0.240. The molecule has 0 aliphatic carbocycles. The molecule has 1 saturated heterocycles. The number of nitrogens with zero attached hydrogens (tertiary/aromatic N) is 5. The van der Waals surface area contributed by atoms with E-state index >= 15 is 0 Å². The molecule has 39 heavy (non-hydrogen) atoms. The molecule has 2 N–H and O–H groups in total. The molecule has 1 aliphatic rings. The van der Waals surface area contributed by atoms with Crippen molar-refractivity contribution in [1.29, 1.82) is 0 Å². The predicted molar refractivity (Wildman–Crippen MR) is 147 cm³/mol. The summed E-state index contributed by atoms with van der Waals surface area (Å²) in [6, 6.07) is 14.9. The maximum atomic E-state index is 14.1. The summed E-state index contributed by atoms with van der Waals surface area (Å²) >= 11 is 1.48. The van der Waals surface area contributed by atoms with Crippen molar-refractivity contribution in [1.82, 2.24) is 25.5 Å². The zero-order valence-electron chi connectivity index (χ0n) is 21.8. The number of phenolic OH excluding ortho intramolecular Hbond substituents is 1. The van der Waals surface area contributed by atoms with Gasteiger partial charge in [-0.2, -0.15) is 4.80 Å². The molecule has 2 aromatic carbocycles. The first kappa shape index (κ1) is 26.5. The van der Waals surface area contributed by atoms with Gasteiger partial charge >= 0.3 is 0 Å². The number of hydrogen-bond acceptors (Lipinski definition) is 8. The Kier molecular flexibility index (Phi) is 7.99. The molecule has 2 atom stereocenters. The van der Waals surface area contributed by atoms with Crippen molar-refractivity contribution >= 4 is 28.8 Å². The average Bonchev–Trinajstić information content (AvgIpc) is 3.71. The molecule has 1 fully saturated rings. The highest BCUT2D eigenvalue weighted by atomic mass is 32.1. The normalized spacial score (nSPS) is 15.7. The van der Waals surface area contributed by atoms with E-state index in [1.54, 1.807) is 12.1 Å². The summed E-state index contributed by atoms with van der Waals surface area (Å²) in [7, 11) is 0. The van der Waals surface area contributed by atoms with E-state index in [0.29, 0.717) is 30.2 Å². The summed E-state index contributed by atoms with van der Waals surface area (Å²) in [5.41, 5.74) is 2.92. The van der Waals surface area contributed by atoms with Gasteiger partial charge in [-0.1, -0.05) is 30.3 Å². The number of amides is 2. The van der Waals surface area contributed by atoms with Gasteiger partial charge in [0.1, 0.15) is 18.3 Å². The topological polar surface area (TPSA) is 122 Å². The number of carbonyl (C=O) groups excluding carboxylic acids is 2. The molecule has 0 radical (unpaired) electrons. The fraction of sp³-hybridized carbons (Fsp3) is 0.321. The van der Waals surface area contributed by atoms with Crippen LogP contribution in [0, 0.1) is 13.8 Å². The fourth-order valence-corrected chi connectivity index (χ4v) is 5.25. The third-order valence-electron chi connectivity index (χ3n) is 6.61. The molecule has 202 valence electrons. The lowest BCUT2D eigenvalue weighted by Crippen LogP contribution is -2.47. The Bertz CT molecular complexity index is 1430. The van der Waals surface area contributed by atoms with Crippen LogP contribution >= 0.6 is 11.3 Å². The number of thiophene rings is 1. The summed E-state index contributed by atoms with van der Waals surface area (Å²) in [6.45, 7) is 4.63. The molecule has 11 heteroatoms. The number of rotatable bonds is 9. The lowest BCUT2D eigenvalue weighted by atomic mass is 10.0. The van der Waals surface area contributed by atoms with Gasteiger partial charge in [0.15, 0.2) is 0 Å². The second-order valence-electron chi connectivity index (χ2n) is 9.55. The molecule has 0 saturated carbocycles. The molecule has 3 heterocycles. The maximum Gasteiger partial charge on any atom is 0.251 e. The Morgan fingerprint density at radius 1 is 1.21 bits per heavy atom. The molecule has 5 rings (SSSR count). The zero-order chi connectivity index (χ0) is 27.4. The number of phenols is 1. The van der Waals surface area contributed by atoms with Crippen LogP contribution in [0.1, 0.15) is 35.6 Å². The second-order valence-corrected chi connectivity index (χ2v) is 10.5. The standard InChI is InChI=1S/C28H30N6O4S/c1-18-7-8-19(2)23(15-18)34(25(36)17-33-31-27(30-32-33)24-6-4-14-39-24)26(20-9-11-21(35)12-10-20)28(37)29-16-22-5-3-13-38-22/h4,6-12,14-15,22,26,35H,3,5,13,16-17H2,1-2H3,(H,29,37). The number of hydrogen-bond donors (Lipinski definition) is 2. The number of tetrazole rings is 1. The Balaban J connectivity index is 1.52. The van der Waals surface area contributed by atoms with Crippen LogP contribution in [0.4, 0.5) is 5.69 Å². The third-order valence-corrected chi connectivity index (χ3v) is 7.47. The van der Waals surface area contributed by atoms with Gasteiger partial charge in [0.25, 0.3) is 5.91 Å². The van der Waals surface area contributed by atoms with Crippen molar-refractivity contribution in [2.75, 3.05) is 18.1 Å². The Hall–Kier alpha value is -4.09. The minimum Gasteiger partial charge on any atom is -0.508 e. The summed E-state index contributed by atoms with van der Waals surface area (Å²) < 4.78 is 5.69. The van der Waals surface area contributed by atoms with Crippen LogP contribution in [-0.2, 0) is 20.9 Å². The third kappa shape index (κ3) is 6.15. The Morgan fingerprint density at radius 3 is 2.74 bits per heavy atom. The van der Waals surface area contributed by atoms with Crippen LogP contribution in [0.15, 0.2) is 60.0 Å². The van der Waals surface area contributed by atoms with Crippen LogP contribution in [-0.4, -0.2) is 56.4 Å². The minimum atomic E-state index is -1.01. The van der Waals surface area contributed by atoms with Gasteiger partial charge in [-0.3, -0.25) is 14.5 Å². The van der Waals surface area contributed by atoms with Crippen LogP contribution in [0.3, 0.4) is 0 Å². The number of aromatic nitrogens is 4. The number of aryl methyl sites for hydroxylation is 2. The number of carbonyl (C=O) groups is 2. The van der Waals surface area contributed by atoms with E-state index in [9.17, 15) is 14.7 Å². The number of aromatic hydroxyl groups is 1. The van der Waals surface area contributed by atoms with Gasteiger partial charge in [0.05, 0.1) is 11.0 Å². The average molecular weight is 547 g/mol. The Labute approximate surface area is 230 Å². The number of nitrogens with one attached hydrogen (secondary N) is 1. The number of ether oxygens (including phenoxy) is 1. The van der Waals surface area contributed by atoms with E-state index in [1.165, 1.54) is 33.2 Å². The molecule has 10 nitrogen and oxygen atoms in total. The van der Waals surface area contributed by atoms with Gasteiger partial charge < -0.3 is 15.2 Å². The van der Waals surface area contributed by atoms with Gasteiger partial charge in [0, 0.05) is 18.8 Å². The minimum absolute atomic E-state index is 0.0608. The van der Waals surface area contributed by atoms with Gasteiger partial charge in [-0.25, -0.2) is 0 Å². The van der Waals surface area contributed by atoms with Crippen LogP contribution in [0.5, 0.6) is 5.75 Å². The van der Waals surface area contributed by atoms with Gasteiger partial charge in [-0.05, 0) is 78.2 Å². The highest BCUT2D eigenvalue weighted by molar-refractivity contribution is 7.13. The van der Waals surface area contributed by atoms with Crippen molar-refractivity contribution in [3.63, 3.8) is 0 Å². The summed E-state index contributed by atoms with van der Waals surface area (Å²) in [5, 5.41) is 27.4. The van der Waals surface area contributed by atoms with E-state index in [-0.39, 0.29) is 30.2 Å². The quantitative estimate of drug-likeness (QED) is 0.327. The molecule has 1 aliphatic heterocycles. The summed E-state index contributed by atoms with van der Waals surface area (Å²) in [4.78, 5) is 31.5. The van der Waals surface area contributed by atoms with Crippen molar-refractivity contribution in [2.24, 2.45) is 0 Å². The lowest BCUT2D eigenvalue weighted by Gasteiger charge is -2.33. The SMILES string of the molecule is Cc1ccc(C)c(N(C(=O)Cn2nnc(-c3cccs3)n2)C(C(=O)NCC2CCCO2)c2ccc(O)cc2)c1. The highest BCUT2D eigenvalue weighted by Gasteiger charge is 2.34. The van der Waals surface area contributed by atoms with Crippen LogP contribution in [0.25, 0.3) is 10.7 Å². The molecule has 2 aromatic heterocycles. The van der Waals surface area contributed by atoms with E-state index in [0.717, 1.165) is 28.8 Å². The molecule has 2 amide bonds. The largest absolute Gasteiger partial charge is 0.508 e.